The van der Waals surface area contributed by atoms with Crippen molar-refractivity contribution in [3.63, 3.8) is 0 Å². The summed E-state index contributed by atoms with van der Waals surface area (Å²) in [7, 11) is 0. The van der Waals surface area contributed by atoms with Crippen LogP contribution >= 0.6 is 0 Å². The van der Waals surface area contributed by atoms with E-state index in [0.29, 0.717) is 5.82 Å². The zero-order valence-electron chi connectivity index (χ0n) is 47.5. The average molecular weight is 1060 g/mol. The van der Waals surface area contributed by atoms with Crippen LogP contribution < -0.4 is 16.4 Å². The van der Waals surface area contributed by atoms with Crippen LogP contribution in [-0.2, 0) is 10.8 Å². The van der Waals surface area contributed by atoms with Gasteiger partial charge in [0.25, 0.3) is 6.71 Å². The summed E-state index contributed by atoms with van der Waals surface area (Å²) in [5.74, 6) is 0.689. The summed E-state index contributed by atoms with van der Waals surface area (Å²) < 4.78 is 5.35. The molecule has 0 unspecified atom stereocenters. The van der Waals surface area contributed by atoms with Crippen LogP contribution in [0.2, 0.25) is 0 Å². The quantitative estimate of drug-likeness (QED) is 0.149. The van der Waals surface area contributed by atoms with Crippen molar-refractivity contribution in [3.8, 4) is 89.8 Å². The Morgan fingerprint density at radius 3 is 1.07 bits per heavy atom. The average Bonchev–Trinajstić information content (AvgIpc) is 2.03. The second-order valence-corrected chi connectivity index (χ2v) is 24.9. The molecular formula is C78H59BN4. The van der Waals surface area contributed by atoms with Crippen molar-refractivity contribution in [1.82, 2.24) is 19.1 Å². The first kappa shape index (κ1) is 49.0. The number of hydrogen-bond donors (Lipinski definition) is 0. The maximum absolute atomic E-state index is 5.63. The zero-order chi connectivity index (χ0) is 55.9. The van der Waals surface area contributed by atoms with Gasteiger partial charge in [0.1, 0.15) is 0 Å². The minimum atomic E-state index is -0.190. The molecule has 0 spiro atoms. The van der Waals surface area contributed by atoms with Gasteiger partial charge in [0, 0.05) is 60.6 Å². The van der Waals surface area contributed by atoms with Crippen LogP contribution in [-0.4, -0.2) is 25.8 Å². The van der Waals surface area contributed by atoms with Gasteiger partial charge in [-0.1, -0.05) is 248 Å². The first-order valence-electron chi connectivity index (χ1n) is 29.2. The van der Waals surface area contributed by atoms with Gasteiger partial charge in [0.2, 0.25) is 0 Å². The highest BCUT2D eigenvalue weighted by Gasteiger charge is 2.44. The summed E-state index contributed by atoms with van der Waals surface area (Å²) >= 11 is 0. The maximum Gasteiger partial charge on any atom is 0.252 e. The molecule has 83 heavy (non-hydrogen) atoms. The van der Waals surface area contributed by atoms with Crippen molar-refractivity contribution in [2.75, 3.05) is 0 Å². The summed E-state index contributed by atoms with van der Waals surface area (Å²) in [6, 6.07) is 92.0. The predicted octanol–water partition coefficient (Wildman–Crippen LogP) is 18.1. The Labute approximate surface area is 485 Å². The largest absolute Gasteiger partial charge is 0.310 e. The first-order chi connectivity index (χ1) is 40.5. The number of benzene rings is 11. The monoisotopic (exact) mass is 1060 g/mol. The first-order valence-corrected chi connectivity index (χ1v) is 29.2. The van der Waals surface area contributed by atoms with Crippen molar-refractivity contribution in [3.05, 3.63) is 260 Å². The third-order valence-electron chi connectivity index (χ3n) is 17.7. The SMILES string of the molecule is CC(C)(C)c1ccc2c3c1c1c(-c4ccccc4)cc(-c4ccccc4)cc1n3-c1cc(-c3cc(-c4ccccc4)nc(-c4ccccc4)n3)cc3c1B2c1ccc(C(C)(C)C)c2c4c(-c5ccccc5)cc(-c5ccccc5)cc4n-3c12. The molecule has 0 N–H and O–H groups in total. The van der Waals surface area contributed by atoms with E-state index in [1.54, 1.807) is 0 Å². The van der Waals surface area contributed by atoms with E-state index in [2.05, 4.69) is 299 Å². The molecule has 11 aromatic carbocycles. The molecule has 0 radical (unpaired) electrons. The van der Waals surface area contributed by atoms with Crippen LogP contribution in [0.25, 0.3) is 133 Å². The third-order valence-corrected chi connectivity index (χ3v) is 17.7. The molecule has 0 amide bonds. The molecule has 0 bridgehead atoms. The van der Waals surface area contributed by atoms with E-state index in [0.717, 1.165) is 39.5 Å². The van der Waals surface area contributed by atoms with Gasteiger partial charge in [-0.2, -0.15) is 0 Å². The van der Waals surface area contributed by atoms with Gasteiger partial charge in [-0.25, -0.2) is 9.97 Å². The minimum Gasteiger partial charge on any atom is -0.310 e. The van der Waals surface area contributed by atoms with Gasteiger partial charge in [-0.15, -0.1) is 0 Å². The van der Waals surface area contributed by atoms with Crippen LogP contribution in [0.1, 0.15) is 52.7 Å². The molecule has 0 fully saturated rings. The molecular weight excluding hydrogens is 1000 g/mol. The van der Waals surface area contributed by atoms with Gasteiger partial charge in [-0.05, 0) is 125 Å². The van der Waals surface area contributed by atoms with Gasteiger partial charge in [0.05, 0.1) is 22.4 Å². The fraction of sp³-hybridized carbons (Fsp3) is 0.103. The molecule has 0 aliphatic carbocycles. The molecule has 4 nitrogen and oxygen atoms in total. The summed E-state index contributed by atoms with van der Waals surface area (Å²) in [6.07, 6.45) is 0. The Balaban J connectivity index is 1.13. The van der Waals surface area contributed by atoms with Crippen LogP contribution in [0.3, 0.4) is 0 Å². The minimum absolute atomic E-state index is 0.108. The molecule has 3 aromatic heterocycles. The van der Waals surface area contributed by atoms with Crippen LogP contribution in [0.4, 0.5) is 0 Å². The van der Waals surface area contributed by atoms with E-state index < -0.39 is 0 Å². The molecule has 5 heteroatoms. The van der Waals surface area contributed by atoms with Gasteiger partial charge in [0.15, 0.2) is 5.82 Å². The topological polar surface area (TPSA) is 35.6 Å². The summed E-state index contributed by atoms with van der Waals surface area (Å²) in [4.78, 5) is 11.0. The number of fused-ring (bicyclic) bond motifs is 10. The lowest BCUT2D eigenvalue weighted by Crippen LogP contribution is -2.59. The van der Waals surface area contributed by atoms with Crippen molar-refractivity contribution in [2.45, 2.75) is 52.4 Å². The van der Waals surface area contributed by atoms with Gasteiger partial charge < -0.3 is 9.13 Å². The van der Waals surface area contributed by atoms with Gasteiger partial charge >= 0.3 is 0 Å². The summed E-state index contributed by atoms with van der Waals surface area (Å²) in [5, 5.41) is 5.17. The maximum atomic E-state index is 5.63. The second-order valence-electron chi connectivity index (χ2n) is 24.9. The molecule has 0 atom stereocenters. The van der Waals surface area contributed by atoms with Crippen molar-refractivity contribution in [1.29, 1.82) is 0 Å². The highest BCUT2D eigenvalue weighted by atomic mass is 15.0. The van der Waals surface area contributed by atoms with E-state index in [1.807, 2.05) is 0 Å². The van der Waals surface area contributed by atoms with E-state index in [1.165, 1.54) is 116 Å². The molecule has 14 aromatic rings. The highest BCUT2D eigenvalue weighted by Crippen LogP contribution is 2.50. The lowest BCUT2D eigenvalue weighted by atomic mass is 9.34. The Morgan fingerprint density at radius 2 is 0.675 bits per heavy atom. The summed E-state index contributed by atoms with van der Waals surface area (Å²) in [6.45, 7) is 14.2. The van der Waals surface area contributed by atoms with E-state index in [4.69, 9.17) is 9.97 Å². The Morgan fingerprint density at radius 1 is 0.313 bits per heavy atom. The van der Waals surface area contributed by atoms with Crippen LogP contribution in [0.15, 0.2) is 249 Å². The number of rotatable bonds is 7. The van der Waals surface area contributed by atoms with Crippen molar-refractivity contribution < 1.29 is 0 Å². The number of hydrogen-bond acceptors (Lipinski definition) is 2. The number of nitrogens with zero attached hydrogens (tertiary/aromatic N) is 4. The molecule has 0 saturated heterocycles. The number of aromatic nitrogens is 4. The standard InChI is InChI=1S/C78H59BN4/c1-77(2,3)59-37-39-61-74-71(59)69-57(50-29-17-9-18-30-50)41-54(48-25-13-7-14-26-48)43-65(69)82(74)67-45-56(64-47-63(52-33-21-11-22-34-52)80-76(81-64)53-35-23-12-24-36-53)46-68-73(67)79(61)62-40-38-60(78(4,5)6)72-70-58(51-31-19-10-20-32-51)42-55(49-27-15-8-16-28-49)44-66(70)83(68)75(62)72/h7-47H,1-6H3. The fourth-order valence-electron chi connectivity index (χ4n) is 14.1. The van der Waals surface area contributed by atoms with Gasteiger partial charge in [-0.3, -0.25) is 0 Å². The molecule has 394 valence electrons. The normalized spacial score (nSPS) is 12.7. The molecule has 2 aliphatic heterocycles. The molecule has 2 aliphatic rings. The highest BCUT2D eigenvalue weighted by molar-refractivity contribution is 7.00. The van der Waals surface area contributed by atoms with E-state index >= 15 is 0 Å². The van der Waals surface area contributed by atoms with Crippen molar-refractivity contribution >= 4 is 66.7 Å². The Kier molecular flexibility index (Phi) is 10.8. The lowest BCUT2D eigenvalue weighted by molar-refractivity contribution is 0.596. The van der Waals surface area contributed by atoms with E-state index in [9.17, 15) is 0 Å². The van der Waals surface area contributed by atoms with E-state index in [-0.39, 0.29) is 17.5 Å². The zero-order valence-corrected chi connectivity index (χ0v) is 47.5. The fourth-order valence-corrected chi connectivity index (χ4v) is 14.1. The Bertz CT molecular complexity index is 4630. The Hall–Kier alpha value is -9.84. The predicted molar refractivity (Wildman–Crippen MR) is 351 cm³/mol. The summed E-state index contributed by atoms with van der Waals surface area (Å²) in [5.41, 5.74) is 27.8. The van der Waals surface area contributed by atoms with Crippen LogP contribution in [0, 0.1) is 0 Å². The lowest BCUT2D eigenvalue weighted by Gasteiger charge is -2.35. The van der Waals surface area contributed by atoms with Crippen molar-refractivity contribution in [2.24, 2.45) is 0 Å². The molecule has 16 rings (SSSR count). The third kappa shape index (κ3) is 7.60. The second kappa shape index (κ2) is 18.3. The smallest absolute Gasteiger partial charge is 0.252 e. The molecule has 0 saturated carbocycles. The van der Waals surface area contributed by atoms with Crippen LogP contribution in [0.5, 0.6) is 0 Å². The molecule has 5 heterocycles.